The summed E-state index contributed by atoms with van der Waals surface area (Å²) in [5.74, 6) is 0.946. The molecule has 0 saturated carbocycles. The van der Waals surface area contributed by atoms with E-state index in [1.54, 1.807) is 0 Å². The van der Waals surface area contributed by atoms with Crippen LogP contribution in [0.3, 0.4) is 0 Å². The summed E-state index contributed by atoms with van der Waals surface area (Å²) in [6.45, 7) is 6.63. The number of hydrogen-bond acceptors (Lipinski definition) is 2. The molecule has 0 N–H and O–H groups in total. The molecule has 0 fully saturated rings. The number of pyridine rings is 2. The molecule has 0 saturated heterocycles. The molecule has 0 radical (unpaired) electrons. The lowest BCUT2D eigenvalue weighted by atomic mass is 9.44. The molecule has 0 atom stereocenters. The van der Waals surface area contributed by atoms with Gasteiger partial charge in [-0.25, -0.2) is 4.98 Å². The number of aromatic nitrogens is 3. The van der Waals surface area contributed by atoms with Gasteiger partial charge in [-0.15, -0.1) is 0 Å². The average Bonchev–Trinajstić information content (AvgIpc) is 3.22. The zero-order valence-electron chi connectivity index (χ0n) is 20.2. The monoisotopic (exact) mass is 451 g/mol. The zero-order valence-corrected chi connectivity index (χ0v) is 20.2. The van der Waals surface area contributed by atoms with Gasteiger partial charge in [0, 0.05) is 28.8 Å². The van der Waals surface area contributed by atoms with Gasteiger partial charge in [0.1, 0.15) is 5.82 Å². The first-order valence-corrected chi connectivity index (χ1v) is 12.1. The molecule has 0 amide bonds. The number of fused-ring (bicyclic) bond motifs is 3. The van der Waals surface area contributed by atoms with Crippen LogP contribution in [0, 0.1) is 13.8 Å². The van der Waals surface area contributed by atoms with Crippen molar-refractivity contribution in [2.24, 2.45) is 0 Å². The first-order valence-electron chi connectivity index (χ1n) is 12.1. The molecule has 0 aliphatic rings. The average molecular weight is 451 g/mol. The van der Waals surface area contributed by atoms with Crippen molar-refractivity contribution in [1.29, 1.82) is 0 Å². The molecule has 6 rings (SSSR count). The van der Waals surface area contributed by atoms with Crippen LogP contribution in [0.4, 0.5) is 0 Å². The number of rotatable bonds is 4. The molecule has 3 heterocycles. The third-order valence-corrected chi connectivity index (χ3v) is 6.90. The van der Waals surface area contributed by atoms with Crippen LogP contribution in [0.1, 0.15) is 11.1 Å². The Kier molecular flexibility index (Phi) is 5.22. The van der Waals surface area contributed by atoms with Gasteiger partial charge >= 0.3 is 0 Å². The fraction of sp³-hybridized carbons (Fsp3) is 0.0968. The number of aryl methyl sites for hydroxylation is 2. The molecular weight excluding hydrogens is 425 g/mol. The highest BCUT2D eigenvalue weighted by Crippen LogP contribution is 2.34. The Hall–Kier alpha value is -4.18. The van der Waals surface area contributed by atoms with Gasteiger partial charge in [0.25, 0.3) is 0 Å². The van der Waals surface area contributed by atoms with Gasteiger partial charge in [-0.05, 0) is 66.4 Å². The Bertz CT molecular complexity index is 1680. The molecule has 0 bridgehead atoms. The number of hydrogen-bond donors (Lipinski definition) is 0. The summed E-state index contributed by atoms with van der Waals surface area (Å²) < 4.78 is 2.28. The normalized spacial score (nSPS) is 11.3. The van der Waals surface area contributed by atoms with E-state index in [4.69, 9.17) is 4.98 Å². The minimum absolute atomic E-state index is 0.224. The summed E-state index contributed by atoms with van der Waals surface area (Å²) in [4.78, 5) is 9.38. The quantitative estimate of drug-likeness (QED) is 0.304. The second kappa shape index (κ2) is 8.55. The van der Waals surface area contributed by atoms with Gasteiger partial charge in [-0.2, -0.15) is 0 Å². The number of benzene rings is 3. The fourth-order valence-electron chi connectivity index (χ4n) is 4.93. The van der Waals surface area contributed by atoms with Gasteiger partial charge < -0.3 is 0 Å². The van der Waals surface area contributed by atoms with Gasteiger partial charge in [0.05, 0.1) is 11.0 Å². The highest BCUT2D eigenvalue weighted by molar-refractivity contribution is 6.83. The third-order valence-electron chi connectivity index (χ3n) is 6.90. The first kappa shape index (κ1) is 21.4. The van der Waals surface area contributed by atoms with Crippen LogP contribution in [0.25, 0.3) is 38.8 Å². The molecule has 6 aromatic rings. The Morgan fingerprint density at radius 1 is 0.657 bits per heavy atom. The Morgan fingerprint density at radius 2 is 1.49 bits per heavy atom. The molecule has 4 heteroatoms. The summed E-state index contributed by atoms with van der Waals surface area (Å²) in [5, 5.41) is 2.48. The summed E-state index contributed by atoms with van der Waals surface area (Å²) in [7, 11) is 0. The molecule has 168 valence electrons. The summed E-state index contributed by atoms with van der Waals surface area (Å²) in [6, 6.07) is 32.6. The lowest BCUT2D eigenvalue weighted by Crippen LogP contribution is -2.41. The molecule has 3 aromatic carbocycles. The van der Waals surface area contributed by atoms with Crippen molar-refractivity contribution in [2.75, 3.05) is 0 Å². The standard InChI is InChI=1S/C31H26BN3/c1-21-15-16-33-31(17-21)35-28-10-5-4-9-26(28)27-13-12-24(19-29(27)35)23-7-6-8-25(18-23)32(3)30-14-11-22(2)20-34-30/h4-20H,1-3H3. The van der Waals surface area contributed by atoms with Crippen molar-refractivity contribution >= 4 is 39.6 Å². The topological polar surface area (TPSA) is 30.7 Å². The maximum absolute atomic E-state index is 4.72. The van der Waals surface area contributed by atoms with Crippen LogP contribution >= 0.6 is 0 Å². The smallest absolute Gasteiger partial charge is 0.230 e. The van der Waals surface area contributed by atoms with E-state index in [0.717, 1.165) is 11.4 Å². The molecule has 0 aliphatic carbocycles. The largest absolute Gasteiger partial charge is 0.294 e. The second-order valence-electron chi connectivity index (χ2n) is 9.38. The van der Waals surface area contributed by atoms with Crippen LogP contribution in [0.2, 0.25) is 6.82 Å². The molecular formula is C31H26BN3. The highest BCUT2D eigenvalue weighted by atomic mass is 15.1. The summed E-state index contributed by atoms with van der Waals surface area (Å²) in [5.41, 5.74) is 9.47. The van der Waals surface area contributed by atoms with E-state index in [-0.39, 0.29) is 6.71 Å². The van der Waals surface area contributed by atoms with Crippen LogP contribution in [0.5, 0.6) is 0 Å². The Labute approximate surface area is 206 Å². The van der Waals surface area contributed by atoms with E-state index in [0.29, 0.717) is 0 Å². The van der Waals surface area contributed by atoms with Gasteiger partial charge in [-0.3, -0.25) is 9.55 Å². The van der Waals surface area contributed by atoms with Crippen molar-refractivity contribution in [3.05, 3.63) is 115 Å². The highest BCUT2D eigenvalue weighted by Gasteiger charge is 2.17. The van der Waals surface area contributed by atoms with Crippen molar-refractivity contribution < 1.29 is 0 Å². The van der Waals surface area contributed by atoms with Crippen LogP contribution in [-0.4, -0.2) is 21.2 Å². The van der Waals surface area contributed by atoms with Crippen molar-refractivity contribution in [3.8, 4) is 16.9 Å². The van der Waals surface area contributed by atoms with Crippen LogP contribution in [0.15, 0.2) is 103 Å². The van der Waals surface area contributed by atoms with E-state index < -0.39 is 0 Å². The lowest BCUT2D eigenvalue weighted by molar-refractivity contribution is 1.07. The zero-order chi connectivity index (χ0) is 23.9. The minimum atomic E-state index is 0.224. The fourth-order valence-corrected chi connectivity index (χ4v) is 4.93. The molecule has 0 spiro atoms. The Balaban J connectivity index is 1.50. The van der Waals surface area contributed by atoms with E-state index in [2.05, 4.69) is 115 Å². The van der Waals surface area contributed by atoms with E-state index in [1.807, 2.05) is 18.5 Å². The van der Waals surface area contributed by atoms with Crippen LogP contribution < -0.4 is 11.1 Å². The molecule has 0 unspecified atom stereocenters. The second-order valence-corrected chi connectivity index (χ2v) is 9.38. The SMILES string of the molecule is CB(c1cccc(-c2ccc3c4ccccc4n(-c4cc(C)ccn4)c3c2)c1)c1ccc(C)cn1. The van der Waals surface area contributed by atoms with Gasteiger partial charge in [0.2, 0.25) is 6.71 Å². The van der Waals surface area contributed by atoms with Crippen molar-refractivity contribution in [2.45, 2.75) is 20.7 Å². The van der Waals surface area contributed by atoms with E-state index >= 15 is 0 Å². The van der Waals surface area contributed by atoms with Crippen molar-refractivity contribution in [3.63, 3.8) is 0 Å². The number of para-hydroxylation sites is 1. The number of nitrogens with zero attached hydrogens (tertiary/aromatic N) is 3. The summed E-state index contributed by atoms with van der Waals surface area (Å²) in [6.07, 6.45) is 3.83. The Morgan fingerprint density at radius 3 is 2.31 bits per heavy atom. The maximum Gasteiger partial charge on any atom is 0.230 e. The summed E-state index contributed by atoms with van der Waals surface area (Å²) >= 11 is 0. The van der Waals surface area contributed by atoms with Crippen molar-refractivity contribution in [1.82, 2.24) is 14.5 Å². The molecule has 0 aliphatic heterocycles. The maximum atomic E-state index is 4.72. The lowest BCUT2D eigenvalue weighted by Gasteiger charge is -2.12. The van der Waals surface area contributed by atoms with E-state index in [9.17, 15) is 0 Å². The van der Waals surface area contributed by atoms with Gasteiger partial charge in [0.15, 0.2) is 0 Å². The predicted molar refractivity (Wildman–Crippen MR) is 149 cm³/mol. The van der Waals surface area contributed by atoms with Crippen LogP contribution in [-0.2, 0) is 0 Å². The first-order chi connectivity index (χ1) is 17.1. The molecule has 3 nitrogen and oxygen atoms in total. The van der Waals surface area contributed by atoms with E-state index in [1.165, 1.54) is 49.5 Å². The third kappa shape index (κ3) is 3.81. The van der Waals surface area contributed by atoms with Gasteiger partial charge in [-0.1, -0.05) is 72.9 Å². The minimum Gasteiger partial charge on any atom is -0.294 e. The predicted octanol–water partition coefficient (Wildman–Crippen LogP) is 6.10. The molecule has 35 heavy (non-hydrogen) atoms. The molecule has 3 aromatic heterocycles.